The number of benzene rings is 1. The van der Waals surface area contributed by atoms with Crippen LogP contribution in [0.2, 0.25) is 0 Å². The quantitative estimate of drug-likeness (QED) is 0.753. The molecule has 0 unspecified atom stereocenters. The summed E-state index contributed by atoms with van der Waals surface area (Å²) in [4.78, 5) is 16.7. The fourth-order valence-electron chi connectivity index (χ4n) is 2.17. The lowest BCUT2D eigenvalue weighted by molar-refractivity contribution is -0.115. The Bertz CT molecular complexity index is 809. The van der Waals surface area contributed by atoms with E-state index >= 15 is 0 Å². The fourth-order valence-corrected chi connectivity index (χ4v) is 2.97. The summed E-state index contributed by atoms with van der Waals surface area (Å²) in [5.74, 6) is -0.132. The normalized spacial score (nSPS) is 10.7. The molecule has 0 fully saturated rings. The van der Waals surface area contributed by atoms with Crippen LogP contribution in [0.25, 0.3) is 10.6 Å². The lowest BCUT2D eigenvalue weighted by atomic mass is 10.1. The Hall–Kier alpha value is -2.44. The summed E-state index contributed by atoms with van der Waals surface area (Å²) in [6, 6.07) is 7.33. The van der Waals surface area contributed by atoms with Crippen molar-refractivity contribution in [2.45, 2.75) is 20.0 Å². The number of anilines is 1. The number of carbonyl (C=O) groups excluding carboxylic acids is 1. The number of hydrogen-bond donors (Lipinski definition) is 2. The molecule has 2 heterocycles. The van der Waals surface area contributed by atoms with Crippen molar-refractivity contribution in [1.82, 2.24) is 4.98 Å². The molecule has 1 amide bonds. The molecule has 23 heavy (non-hydrogen) atoms. The van der Waals surface area contributed by atoms with E-state index in [1.807, 2.05) is 30.5 Å². The Morgan fingerprint density at radius 3 is 3.00 bits per heavy atom. The predicted octanol–water partition coefficient (Wildman–Crippen LogP) is 3.39. The highest BCUT2D eigenvalue weighted by atomic mass is 32.1. The molecule has 5 nitrogen and oxygen atoms in total. The van der Waals surface area contributed by atoms with E-state index in [1.54, 1.807) is 18.6 Å². The van der Waals surface area contributed by atoms with Gasteiger partial charge in [-0.25, -0.2) is 4.98 Å². The number of aliphatic hydroxyl groups excluding tert-OH is 1. The number of thiazole rings is 1. The van der Waals surface area contributed by atoms with Crippen LogP contribution in [0.15, 0.2) is 46.6 Å². The second-order valence-electron chi connectivity index (χ2n) is 5.19. The Morgan fingerprint density at radius 1 is 1.39 bits per heavy atom. The van der Waals surface area contributed by atoms with Crippen molar-refractivity contribution < 1.29 is 14.3 Å². The van der Waals surface area contributed by atoms with Gasteiger partial charge in [0, 0.05) is 16.6 Å². The summed E-state index contributed by atoms with van der Waals surface area (Å²) in [5.41, 5.74) is 4.06. The van der Waals surface area contributed by atoms with E-state index in [2.05, 4.69) is 10.3 Å². The number of aliphatic hydroxyl groups is 1. The first-order chi connectivity index (χ1) is 11.2. The molecule has 3 rings (SSSR count). The van der Waals surface area contributed by atoms with Gasteiger partial charge in [0.05, 0.1) is 25.0 Å². The molecule has 2 N–H and O–H groups in total. The number of aryl methyl sites for hydroxylation is 1. The minimum atomic E-state index is -0.132. The molecule has 2 aromatic heterocycles. The Labute approximate surface area is 137 Å². The molecular formula is C17H16N2O3S. The highest BCUT2D eigenvalue weighted by molar-refractivity contribution is 7.13. The zero-order valence-corrected chi connectivity index (χ0v) is 13.4. The van der Waals surface area contributed by atoms with Crippen molar-refractivity contribution in [3.05, 3.63) is 59.0 Å². The molecule has 0 aliphatic carbocycles. The van der Waals surface area contributed by atoms with E-state index in [-0.39, 0.29) is 18.9 Å². The topological polar surface area (TPSA) is 75.4 Å². The maximum absolute atomic E-state index is 12.2. The molecule has 118 valence electrons. The minimum Gasteiger partial charge on any atom is -0.472 e. The molecule has 0 aliphatic rings. The van der Waals surface area contributed by atoms with Gasteiger partial charge in [0.1, 0.15) is 11.3 Å². The molecule has 0 spiro atoms. The number of rotatable bonds is 5. The van der Waals surface area contributed by atoms with E-state index in [9.17, 15) is 9.90 Å². The van der Waals surface area contributed by atoms with Crippen molar-refractivity contribution in [2.75, 3.05) is 5.32 Å². The molecule has 3 aromatic rings. The average Bonchev–Trinajstić information content (AvgIpc) is 3.20. The van der Waals surface area contributed by atoms with Crippen molar-refractivity contribution in [1.29, 1.82) is 0 Å². The van der Waals surface area contributed by atoms with Crippen LogP contribution in [0.5, 0.6) is 0 Å². The van der Waals surface area contributed by atoms with Crippen molar-refractivity contribution >= 4 is 22.9 Å². The van der Waals surface area contributed by atoms with Gasteiger partial charge in [0.25, 0.3) is 0 Å². The third-order valence-electron chi connectivity index (χ3n) is 3.42. The van der Waals surface area contributed by atoms with E-state index in [4.69, 9.17) is 4.42 Å². The summed E-state index contributed by atoms with van der Waals surface area (Å²) >= 11 is 1.48. The van der Waals surface area contributed by atoms with Gasteiger partial charge in [-0.05, 0) is 30.2 Å². The largest absolute Gasteiger partial charge is 0.472 e. The molecule has 0 saturated heterocycles. The number of aromatic nitrogens is 1. The summed E-state index contributed by atoms with van der Waals surface area (Å²) < 4.78 is 5.04. The Morgan fingerprint density at radius 2 is 2.26 bits per heavy atom. The van der Waals surface area contributed by atoms with Gasteiger partial charge < -0.3 is 14.8 Å². The van der Waals surface area contributed by atoms with Crippen molar-refractivity contribution in [3.8, 4) is 10.6 Å². The minimum absolute atomic E-state index is 0.0523. The summed E-state index contributed by atoms with van der Waals surface area (Å²) in [7, 11) is 0. The SMILES string of the molecule is Cc1ccc(CO)cc1NC(=O)Cc1csc(-c2ccoc2)n1. The van der Waals surface area contributed by atoms with Gasteiger partial charge in [0.2, 0.25) is 5.91 Å². The number of nitrogens with one attached hydrogen (secondary N) is 1. The number of hydrogen-bond acceptors (Lipinski definition) is 5. The maximum Gasteiger partial charge on any atom is 0.230 e. The van der Waals surface area contributed by atoms with Crippen LogP contribution in [0.3, 0.4) is 0 Å². The molecule has 0 atom stereocenters. The third kappa shape index (κ3) is 3.67. The first-order valence-corrected chi connectivity index (χ1v) is 8.01. The molecular weight excluding hydrogens is 312 g/mol. The van der Waals surface area contributed by atoms with Gasteiger partial charge >= 0.3 is 0 Å². The standard InChI is InChI=1S/C17H16N2O3S/c1-11-2-3-12(8-20)6-15(11)19-16(21)7-14-10-23-17(18-14)13-4-5-22-9-13/h2-6,9-10,20H,7-8H2,1H3,(H,19,21). The molecule has 0 saturated carbocycles. The monoisotopic (exact) mass is 328 g/mol. The zero-order valence-electron chi connectivity index (χ0n) is 12.6. The van der Waals surface area contributed by atoms with Crippen LogP contribution in [0.1, 0.15) is 16.8 Å². The smallest absolute Gasteiger partial charge is 0.230 e. The second-order valence-corrected chi connectivity index (χ2v) is 6.05. The van der Waals surface area contributed by atoms with E-state index in [0.717, 1.165) is 27.4 Å². The molecule has 0 aliphatic heterocycles. The summed E-state index contributed by atoms with van der Waals surface area (Å²) in [6.45, 7) is 1.86. The summed E-state index contributed by atoms with van der Waals surface area (Å²) in [6.07, 6.45) is 3.43. The summed E-state index contributed by atoms with van der Waals surface area (Å²) in [5, 5.41) is 14.8. The predicted molar refractivity (Wildman–Crippen MR) is 89.3 cm³/mol. The number of nitrogens with zero attached hydrogens (tertiary/aromatic N) is 1. The van der Waals surface area contributed by atoms with Crippen LogP contribution in [0.4, 0.5) is 5.69 Å². The van der Waals surface area contributed by atoms with Crippen LogP contribution in [-0.2, 0) is 17.8 Å². The van der Waals surface area contributed by atoms with Crippen LogP contribution in [-0.4, -0.2) is 16.0 Å². The fraction of sp³-hybridized carbons (Fsp3) is 0.176. The third-order valence-corrected chi connectivity index (χ3v) is 4.36. The lowest BCUT2D eigenvalue weighted by Gasteiger charge is -2.09. The first-order valence-electron chi connectivity index (χ1n) is 7.13. The van der Waals surface area contributed by atoms with Gasteiger partial charge in [-0.2, -0.15) is 0 Å². The Kier molecular flexibility index (Phi) is 4.55. The van der Waals surface area contributed by atoms with E-state index in [0.29, 0.717) is 5.69 Å². The average molecular weight is 328 g/mol. The number of carbonyl (C=O) groups is 1. The van der Waals surface area contributed by atoms with E-state index in [1.165, 1.54) is 11.3 Å². The van der Waals surface area contributed by atoms with Gasteiger partial charge in [0.15, 0.2) is 0 Å². The van der Waals surface area contributed by atoms with Crippen LogP contribution >= 0.6 is 11.3 Å². The molecule has 0 bridgehead atoms. The highest BCUT2D eigenvalue weighted by Crippen LogP contribution is 2.24. The number of amides is 1. The van der Waals surface area contributed by atoms with Gasteiger partial charge in [-0.3, -0.25) is 4.79 Å². The molecule has 0 radical (unpaired) electrons. The molecule has 1 aromatic carbocycles. The first kappa shape index (κ1) is 15.5. The zero-order chi connectivity index (χ0) is 16.2. The van der Waals surface area contributed by atoms with E-state index < -0.39 is 0 Å². The van der Waals surface area contributed by atoms with Crippen molar-refractivity contribution in [3.63, 3.8) is 0 Å². The Balaban J connectivity index is 1.68. The second kappa shape index (κ2) is 6.76. The maximum atomic E-state index is 12.2. The van der Waals surface area contributed by atoms with Crippen LogP contribution < -0.4 is 5.32 Å². The highest BCUT2D eigenvalue weighted by Gasteiger charge is 2.11. The van der Waals surface area contributed by atoms with Gasteiger partial charge in [-0.1, -0.05) is 12.1 Å². The van der Waals surface area contributed by atoms with Crippen molar-refractivity contribution in [2.24, 2.45) is 0 Å². The number of furan rings is 1. The molecule has 6 heteroatoms. The van der Waals surface area contributed by atoms with Crippen LogP contribution in [0, 0.1) is 6.92 Å². The van der Waals surface area contributed by atoms with Gasteiger partial charge in [-0.15, -0.1) is 11.3 Å². The lowest BCUT2D eigenvalue weighted by Crippen LogP contribution is -2.15.